The fourth-order valence-electron chi connectivity index (χ4n) is 3.64. The summed E-state index contributed by atoms with van der Waals surface area (Å²) in [6.07, 6.45) is 6.88. The maximum Gasteiger partial charge on any atom is 0.236 e. The van der Waals surface area contributed by atoms with Crippen molar-refractivity contribution in [3.05, 3.63) is 24.8 Å². The molecule has 3 aromatic rings. The zero-order valence-electron chi connectivity index (χ0n) is 14.5. The molecule has 0 saturated carbocycles. The van der Waals surface area contributed by atoms with E-state index in [4.69, 9.17) is 5.26 Å². The molecule has 1 fully saturated rings. The Kier molecular flexibility index (Phi) is 4.13. The number of rotatable bonds is 3. The van der Waals surface area contributed by atoms with Crippen LogP contribution < -0.4 is 4.90 Å². The summed E-state index contributed by atoms with van der Waals surface area (Å²) in [7, 11) is 1.79. The van der Waals surface area contributed by atoms with Crippen molar-refractivity contribution in [2.45, 2.75) is 25.3 Å². The molecule has 1 amide bonds. The predicted octanol–water partition coefficient (Wildman–Crippen LogP) is 1.85. The second-order valence-corrected chi connectivity index (χ2v) is 6.51. The van der Waals surface area contributed by atoms with Crippen molar-refractivity contribution in [2.24, 2.45) is 0 Å². The highest BCUT2D eigenvalue weighted by Crippen LogP contribution is 2.31. The minimum absolute atomic E-state index is 0.0631. The van der Waals surface area contributed by atoms with Gasteiger partial charge in [-0.3, -0.25) is 4.79 Å². The molecule has 4 rings (SSSR count). The van der Waals surface area contributed by atoms with E-state index in [2.05, 4.69) is 24.8 Å². The summed E-state index contributed by atoms with van der Waals surface area (Å²) in [6.45, 7) is 1.61. The average molecular weight is 349 g/mol. The van der Waals surface area contributed by atoms with Crippen molar-refractivity contribution in [3.63, 3.8) is 0 Å². The monoisotopic (exact) mass is 349 g/mol. The number of carbonyl (C=O) groups excluding carboxylic acids is 1. The van der Waals surface area contributed by atoms with Crippen molar-refractivity contribution in [2.75, 3.05) is 25.0 Å². The molecular weight excluding hydrogens is 330 g/mol. The second kappa shape index (κ2) is 6.59. The highest BCUT2D eigenvalue weighted by atomic mass is 16.2. The second-order valence-electron chi connectivity index (χ2n) is 6.51. The number of nitrogens with zero attached hydrogens (tertiary/aromatic N) is 6. The number of pyridine rings is 1. The van der Waals surface area contributed by atoms with E-state index >= 15 is 0 Å². The number of aromatic amines is 1. The molecule has 0 unspecified atom stereocenters. The minimum atomic E-state index is -0.112. The van der Waals surface area contributed by atoms with Crippen molar-refractivity contribution in [1.29, 1.82) is 5.26 Å². The van der Waals surface area contributed by atoms with E-state index in [-0.39, 0.29) is 18.4 Å². The molecule has 0 aliphatic carbocycles. The van der Waals surface area contributed by atoms with E-state index in [1.54, 1.807) is 30.7 Å². The molecule has 0 atom stereocenters. The van der Waals surface area contributed by atoms with Gasteiger partial charge in [0.05, 0.1) is 29.5 Å². The Balaban J connectivity index is 1.60. The molecule has 3 aromatic heterocycles. The summed E-state index contributed by atoms with van der Waals surface area (Å²) in [6, 6.07) is 4.06. The van der Waals surface area contributed by atoms with E-state index in [9.17, 15) is 4.79 Å². The number of nitriles is 1. The number of fused-ring (bicyclic) bond motifs is 3. The van der Waals surface area contributed by atoms with Crippen molar-refractivity contribution in [1.82, 2.24) is 24.8 Å². The quantitative estimate of drug-likeness (QED) is 0.774. The summed E-state index contributed by atoms with van der Waals surface area (Å²) < 4.78 is 0. The maximum absolute atomic E-state index is 11.9. The van der Waals surface area contributed by atoms with Crippen LogP contribution in [0.2, 0.25) is 0 Å². The van der Waals surface area contributed by atoms with Crippen LogP contribution in [0, 0.1) is 11.3 Å². The predicted molar refractivity (Wildman–Crippen MR) is 97.4 cm³/mol. The van der Waals surface area contributed by atoms with Gasteiger partial charge in [-0.05, 0) is 18.9 Å². The van der Waals surface area contributed by atoms with Crippen molar-refractivity contribution < 1.29 is 4.79 Å². The summed E-state index contributed by atoms with van der Waals surface area (Å²) in [5.74, 6) is 0.808. The van der Waals surface area contributed by atoms with Gasteiger partial charge < -0.3 is 14.8 Å². The largest absolute Gasteiger partial charge is 0.356 e. The number of H-pyrrole nitrogens is 1. The van der Waals surface area contributed by atoms with Crippen LogP contribution in [-0.4, -0.2) is 56.9 Å². The van der Waals surface area contributed by atoms with Gasteiger partial charge in [0.2, 0.25) is 5.91 Å². The van der Waals surface area contributed by atoms with Gasteiger partial charge in [0.25, 0.3) is 0 Å². The fraction of sp³-hybridized carbons (Fsp3) is 0.389. The third-order valence-corrected chi connectivity index (χ3v) is 5.10. The zero-order valence-corrected chi connectivity index (χ0v) is 14.5. The van der Waals surface area contributed by atoms with Crippen LogP contribution in [-0.2, 0) is 4.79 Å². The zero-order chi connectivity index (χ0) is 18.1. The lowest BCUT2D eigenvalue weighted by Gasteiger charge is -2.37. The number of nitrogens with one attached hydrogen (secondary N) is 1. The Labute approximate surface area is 150 Å². The molecular formula is C18H19N7O. The minimum Gasteiger partial charge on any atom is -0.356 e. The lowest BCUT2D eigenvalue weighted by molar-refractivity contribution is -0.131. The van der Waals surface area contributed by atoms with Crippen LogP contribution in [0.25, 0.3) is 21.9 Å². The molecule has 0 bridgehead atoms. The Hall–Kier alpha value is -3.21. The Morgan fingerprint density at radius 2 is 2.19 bits per heavy atom. The standard InChI is InChI=1S/C18H19N7O/c1-24(15(26)2-6-19)12-4-8-25(9-5-12)18-16-13-3-7-20-17(13)21-10-14(16)22-11-23-18/h3,7,10-12H,2,4-5,8-9H2,1H3,(H,22,23). The molecule has 1 saturated heterocycles. The number of anilines is 1. The van der Waals surface area contributed by atoms with E-state index in [0.29, 0.717) is 0 Å². The van der Waals surface area contributed by atoms with Crippen LogP contribution in [0.3, 0.4) is 0 Å². The topological polar surface area (TPSA) is 102 Å². The Morgan fingerprint density at radius 3 is 2.96 bits per heavy atom. The summed E-state index contributed by atoms with van der Waals surface area (Å²) in [5.41, 5.74) is 1.65. The van der Waals surface area contributed by atoms with Gasteiger partial charge in [-0.2, -0.15) is 5.26 Å². The number of amides is 1. The molecule has 0 spiro atoms. The molecule has 132 valence electrons. The summed E-state index contributed by atoms with van der Waals surface area (Å²) in [4.78, 5) is 32.3. The molecule has 26 heavy (non-hydrogen) atoms. The fourth-order valence-corrected chi connectivity index (χ4v) is 3.64. The first-order chi connectivity index (χ1) is 12.7. The third kappa shape index (κ3) is 2.71. The van der Waals surface area contributed by atoms with Gasteiger partial charge in [0.15, 0.2) is 5.65 Å². The summed E-state index contributed by atoms with van der Waals surface area (Å²) in [5, 5.41) is 10.7. The van der Waals surface area contributed by atoms with Crippen LogP contribution in [0.5, 0.6) is 0 Å². The van der Waals surface area contributed by atoms with E-state index in [0.717, 1.165) is 53.7 Å². The average Bonchev–Trinajstić information content (AvgIpc) is 3.16. The number of hydrogen-bond acceptors (Lipinski definition) is 6. The molecule has 0 aromatic carbocycles. The first kappa shape index (κ1) is 16.3. The molecule has 4 heterocycles. The highest BCUT2D eigenvalue weighted by Gasteiger charge is 2.27. The molecule has 1 aliphatic heterocycles. The van der Waals surface area contributed by atoms with Crippen LogP contribution in [0.15, 0.2) is 24.8 Å². The number of piperidine rings is 1. The van der Waals surface area contributed by atoms with Gasteiger partial charge in [-0.1, -0.05) is 0 Å². The van der Waals surface area contributed by atoms with E-state index in [1.165, 1.54) is 0 Å². The first-order valence-corrected chi connectivity index (χ1v) is 8.63. The number of hydrogen-bond donors (Lipinski definition) is 1. The van der Waals surface area contributed by atoms with Crippen molar-refractivity contribution >= 4 is 33.7 Å². The summed E-state index contributed by atoms with van der Waals surface area (Å²) >= 11 is 0. The molecule has 0 radical (unpaired) electrons. The van der Waals surface area contributed by atoms with E-state index in [1.807, 2.05) is 12.1 Å². The van der Waals surface area contributed by atoms with Crippen molar-refractivity contribution in [3.8, 4) is 6.07 Å². The van der Waals surface area contributed by atoms with Crippen LogP contribution >= 0.6 is 0 Å². The highest BCUT2D eigenvalue weighted by molar-refractivity contribution is 6.08. The Morgan fingerprint density at radius 1 is 1.38 bits per heavy atom. The molecule has 1 N–H and O–H groups in total. The first-order valence-electron chi connectivity index (χ1n) is 8.63. The molecule has 8 nitrogen and oxygen atoms in total. The third-order valence-electron chi connectivity index (χ3n) is 5.10. The van der Waals surface area contributed by atoms with Gasteiger partial charge in [-0.25, -0.2) is 15.0 Å². The van der Waals surface area contributed by atoms with Crippen LogP contribution in [0.4, 0.5) is 5.82 Å². The lowest BCUT2D eigenvalue weighted by Crippen LogP contribution is -2.45. The van der Waals surface area contributed by atoms with Gasteiger partial charge in [0.1, 0.15) is 12.2 Å². The van der Waals surface area contributed by atoms with Crippen LogP contribution in [0.1, 0.15) is 19.3 Å². The van der Waals surface area contributed by atoms with Gasteiger partial charge in [-0.15, -0.1) is 0 Å². The lowest BCUT2D eigenvalue weighted by atomic mass is 10.0. The maximum atomic E-state index is 11.9. The smallest absolute Gasteiger partial charge is 0.236 e. The van der Waals surface area contributed by atoms with E-state index < -0.39 is 0 Å². The molecule has 8 heteroatoms. The normalized spacial score (nSPS) is 15.3. The van der Waals surface area contributed by atoms with Gasteiger partial charge >= 0.3 is 0 Å². The SMILES string of the molecule is CN(C(=O)CC#N)C1CCN(c2nc[nH]c3cnc4nccc4c23)CC1. The van der Waals surface area contributed by atoms with Gasteiger partial charge in [0, 0.05) is 37.8 Å². The molecule has 1 aliphatic rings. The number of aromatic nitrogens is 4. The number of carbonyl (C=O) groups is 1. The Bertz CT molecular complexity index is 998.